The lowest BCUT2D eigenvalue weighted by atomic mass is 10.2. The van der Waals surface area contributed by atoms with E-state index in [1.165, 1.54) is 0 Å². The Kier molecular flexibility index (Phi) is 5.44. The van der Waals surface area contributed by atoms with Gasteiger partial charge in [-0.25, -0.2) is 9.78 Å². The van der Waals surface area contributed by atoms with Crippen molar-refractivity contribution in [2.75, 3.05) is 20.3 Å². The summed E-state index contributed by atoms with van der Waals surface area (Å²) in [6.45, 7) is 1.14. The Labute approximate surface area is 145 Å². The van der Waals surface area contributed by atoms with Crippen molar-refractivity contribution in [2.45, 2.75) is 25.1 Å². The van der Waals surface area contributed by atoms with Gasteiger partial charge in [-0.3, -0.25) is 0 Å². The van der Waals surface area contributed by atoms with Crippen LogP contribution in [0.2, 0.25) is 0 Å². The highest BCUT2D eigenvalue weighted by Crippen LogP contribution is 2.23. The van der Waals surface area contributed by atoms with Crippen molar-refractivity contribution >= 4 is 17.4 Å². The SMILES string of the molecule is COC[C@@H]1C[C@@H](O)CN1C(=O)NCc1csc(-c2ccccc2)n1. The molecule has 0 bridgehead atoms. The summed E-state index contributed by atoms with van der Waals surface area (Å²) in [5.41, 5.74) is 1.90. The second kappa shape index (κ2) is 7.74. The maximum Gasteiger partial charge on any atom is 0.318 e. The molecule has 7 heteroatoms. The van der Waals surface area contributed by atoms with Gasteiger partial charge in [0.2, 0.25) is 0 Å². The molecule has 2 N–H and O–H groups in total. The minimum atomic E-state index is -0.486. The summed E-state index contributed by atoms with van der Waals surface area (Å²) in [4.78, 5) is 18.5. The van der Waals surface area contributed by atoms with Crippen molar-refractivity contribution in [3.63, 3.8) is 0 Å². The largest absolute Gasteiger partial charge is 0.391 e. The number of rotatable bonds is 5. The van der Waals surface area contributed by atoms with Crippen molar-refractivity contribution in [3.8, 4) is 10.6 Å². The van der Waals surface area contributed by atoms with Crippen molar-refractivity contribution in [1.82, 2.24) is 15.2 Å². The van der Waals surface area contributed by atoms with Crippen molar-refractivity contribution < 1.29 is 14.6 Å². The highest BCUT2D eigenvalue weighted by molar-refractivity contribution is 7.13. The number of ether oxygens (including phenoxy) is 1. The summed E-state index contributed by atoms with van der Waals surface area (Å²) in [5, 5.41) is 15.5. The minimum absolute atomic E-state index is 0.0830. The minimum Gasteiger partial charge on any atom is -0.391 e. The molecule has 0 spiro atoms. The van der Waals surface area contributed by atoms with Gasteiger partial charge < -0.3 is 20.1 Å². The predicted octanol–water partition coefficient (Wildman–Crippen LogP) is 2.10. The average molecular weight is 347 g/mol. The van der Waals surface area contributed by atoms with Crippen LogP contribution in [0.3, 0.4) is 0 Å². The number of aliphatic hydroxyl groups is 1. The van der Waals surface area contributed by atoms with Gasteiger partial charge >= 0.3 is 6.03 Å². The van der Waals surface area contributed by atoms with Crippen LogP contribution < -0.4 is 5.32 Å². The first-order valence-electron chi connectivity index (χ1n) is 7.88. The number of thiazole rings is 1. The lowest BCUT2D eigenvalue weighted by Gasteiger charge is -2.23. The molecule has 1 aliphatic heterocycles. The van der Waals surface area contributed by atoms with E-state index < -0.39 is 6.10 Å². The predicted molar refractivity (Wildman–Crippen MR) is 92.8 cm³/mol. The van der Waals surface area contributed by atoms with Gasteiger partial charge in [0.25, 0.3) is 0 Å². The van der Waals surface area contributed by atoms with E-state index in [2.05, 4.69) is 10.3 Å². The molecule has 0 unspecified atom stereocenters. The number of aromatic nitrogens is 1. The molecule has 1 aromatic carbocycles. The number of urea groups is 1. The Morgan fingerprint density at radius 3 is 3.00 bits per heavy atom. The zero-order valence-corrected chi connectivity index (χ0v) is 14.3. The van der Waals surface area contributed by atoms with Crippen molar-refractivity contribution in [2.24, 2.45) is 0 Å². The Morgan fingerprint density at radius 2 is 2.25 bits per heavy atom. The van der Waals surface area contributed by atoms with Gasteiger partial charge in [-0.15, -0.1) is 11.3 Å². The molecule has 24 heavy (non-hydrogen) atoms. The number of β-amino-alcohol motifs (C(OH)–C–C–N with tert-alkyl or cyclic N) is 1. The van der Waals surface area contributed by atoms with E-state index in [0.717, 1.165) is 16.3 Å². The Bertz CT molecular complexity index is 677. The monoisotopic (exact) mass is 347 g/mol. The number of carbonyl (C=O) groups excluding carboxylic acids is 1. The van der Waals surface area contributed by atoms with Crippen LogP contribution in [0, 0.1) is 0 Å². The maximum absolute atomic E-state index is 12.3. The molecule has 0 aliphatic carbocycles. The number of carbonyl (C=O) groups is 1. The van der Waals surface area contributed by atoms with Gasteiger partial charge in [0.15, 0.2) is 0 Å². The van der Waals surface area contributed by atoms with Crippen LogP contribution in [-0.2, 0) is 11.3 Å². The molecule has 2 atom stereocenters. The lowest BCUT2D eigenvalue weighted by Crippen LogP contribution is -2.44. The zero-order valence-electron chi connectivity index (χ0n) is 13.5. The highest BCUT2D eigenvalue weighted by atomic mass is 32.1. The summed E-state index contributed by atoms with van der Waals surface area (Å²) in [7, 11) is 1.60. The van der Waals surface area contributed by atoms with Crippen LogP contribution in [0.1, 0.15) is 12.1 Å². The maximum atomic E-state index is 12.3. The van der Waals surface area contributed by atoms with E-state index >= 15 is 0 Å². The lowest BCUT2D eigenvalue weighted by molar-refractivity contribution is 0.123. The van der Waals surface area contributed by atoms with Gasteiger partial charge in [-0.05, 0) is 6.42 Å². The number of amides is 2. The van der Waals surface area contributed by atoms with Crippen LogP contribution in [0.5, 0.6) is 0 Å². The summed E-state index contributed by atoms with van der Waals surface area (Å²) >= 11 is 1.56. The van der Waals surface area contributed by atoms with Crippen LogP contribution in [0.15, 0.2) is 35.7 Å². The molecule has 1 saturated heterocycles. The molecule has 3 rings (SSSR count). The molecule has 0 saturated carbocycles. The normalized spacial score (nSPS) is 20.3. The van der Waals surface area contributed by atoms with Crippen molar-refractivity contribution in [1.29, 1.82) is 0 Å². The number of methoxy groups -OCH3 is 1. The molecule has 128 valence electrons. The average Bonchev–Trinajstić information content (AvgIpc) is 3.21. The van der Waals surface area contributed by atoms with Crippen LogP contribution in [0.4, 0.5) is 4.79 Å². The summed E-state index contributed by atoms with van der Waals surface area (Å²) in [6.07, 6.45) is 0.0655. The highest BCUT2D eigenvalue weighted by Gasteiger charge is 2.34. The van der Waals surface area contributed by atoms with Gasteiger partial charge in [-0.1, -0.05) is 30.3 Å². The fourth-order valence-electron chi connectivity index (χ4n) is 2.86. The first kappa shape index (κ1) is 16.9. The number of hydrogen-bond acceptors (Lipinski definition) is 5. The van der Waals surface area contributed by atoms with Crippen LogP contribution in [-0.4, -0.2) is 53.4 Å². The number of hydrogen-bond donors (Lipinski definition) is 2. The third-order valence-corrected chi connectivity index (χ3v) is 4.95. The number of likely N-dealkylation sites (tertiary alicyclic amines) is 1. The fourth-order valence-corrected chi connectivity index (χ4v) is 3.69. The van der Waals surface area contributed by atoms with Gasteiger partial charge in [-0.2, -0.15) is 0 Å². The van der Waals surface area contributed by atoms with E-state index in [-0.39, 0.29) is 12.1 Å². The molecule has 1 fully saturated rings. The number of benzene rings is 1. The van der Waals surface area contributed by atoms with Crippen LogP contribution in [0.25, 0.3) is 10.6 Å². The van der Waals surface area contributed by atoms with E-state index in [9.17, 15) is 9.90 Å². The first-order valence-corrected chi connectivity index (χ1v) is 8.76. The number of nitrogens with zero attached hydrogens (tertiary/aromatic N) is 2. The topological polar surface area (TPSA) is 74.7 Å². The molecule has 2 amide bonds. The molecule has 0 radical (unpaired) electrons. The van der Waals surface area contributed by atoms with Gasteiger partial charge in [0.05, 0.1) is 31.0 Å². The molecule has 2 heterocycles. The quantitative estimate of drug-likeness (QED) is 0.869. The van der Waals surface area contributed by atoms with E-state index in [1.807, 2.05) is 35.7 Å². The molecule has 1 aromatic heterocycles. The molecule has 1 aliphatic rings. The standard InChI is InChI=1S/C17H21N3O3S/c1-23-10-14-7-15(21)9-20(14)17(22)18-8-13-11-24-16(19-13)12-5-3-2-4-6-12/h2-6,11,14-15,21H,7-10H2,1H3,(H,18,22)/t14-,15+/m0/s1. The molecule has 2 aromatic rings. The second-order valence-corrected chi connectivity index (χ2v) is 6.68. The van der Waals surface area contributed by atoms with E-state index in [1.54, 1.807) is 23.3 Å². The molecular formula is C17H21N3O3S. The van der Waals surface area contributed by atoms with Crippen LogP contribution >= 0.6 is 11.3 Å². The Balaban J connectivity index is 1.58. The van der Waals surface area contributed by atoms with Crippen molar-refractivity contribution in [3.05, 3.63) is 41.4 Å². The molecular weight excluding hydrogens is 326 g/mol. The third-order valence-electron chi connectivity index (χ3n) is 4.01. The summed E-state index contributed by atoms with van der Waals surface area (Å²) < 4.78 is 5.13. The smallest absolute Gasteiger partial charge is 0.318 e. The van der Waals surface area contributed by atoms with Gasteiger partial charge in [0, 0.05) is 24.6 Å². The first-order chi connectivity index (χ1) is 11.7. The summed E-state index contributed by atoms with van der Waals surface area (Å²) in [6, 6.07) is 9.69. The molecule has 6 nitrogen and oxygen atoms in total. The zero-order chi connectivity index (χ0) is 16.9. The fraction of sp³-hybridized carbons (Fsp3) is 0.412. The van der Waals surface area contributed by atoms with Gasteiger partial charge in [0.1, 0.15) is 5.01 Å². The van der Waals surface area contributed by atoms with E-state index in [0.29, 0.717) is 26.1 Å². The number of aliphatic hydroxyl groups excluding tert-OH is 1. The Morgan fingerprint density at radius 1 is 1.46 bits per heavy atom. The second-order valence-electron chi connectivity index (χ2n) is 5.82. The Hall–Kier alpha value is -1.96. The number of nitrogens with one attached hydrogen (secondary N) is 1. The third kappa shape index (κ3) is 3.92. The van der Waals surface area contributed by atoms with E-state index in [4.69, 9.17) is 4.74 Å². The summed E-state index contributed by atoms with van der Waals surface area (Å²) in [5.74, 6) is 0.